The van der Waals surface area contributed by atoms with E-state index in [4.69, 9.17) is 5.73 Å². The van der Waals surface area contributed by atoms with Crippen LogP contribution < -0.4 is 11.1 Å². The summed E-state index contributed by atoms with van der Waals surface area (Å²) in [7, 11) is 0. The van der Waals surface area contributed by atoms with Crippen molar-refractivity contribution in [2.45, 2.75) is 26.2 Å². The highest BCUT2D eigenvalue weighted by Gasteiger charge is 2.21. The molecule has 0 amide bonds. The first-order valence-electron chi connectivity index (χ1n) is 5.88. The zero-order valence-electron chi connectivity index (χ0n) is 10.5. The Labute approximate surface area is 98.5 Å². The molecule has 16 heavy (non-hydrogen) atoms. The second-order valence-corrected chi connectivity index (χ2v) is 5.07. The molecule has 1 unspecified atom stereocenters. The molecular formula is C13H23N3. The highest BCUT2D eigenvalue weighted by atomic mass is 14.9. The molecule has 0 aliphatic rings. The lowest BCUT2D eigenvalue weighted by Crippen LogP contribution is -2.37. The summed E-state index contributed by atoms with van der Waals surface area (Å²) in [6.07, 6.45) is 1.85. The molecule has 0 saturated heterocycles. The average Bonchev–Trinajstić information content (AvgIpc) is 2.30. The third-order valence-corrected chi connectivity index (χ3v) is 2.82. The number of nitrogens with one attached hydrogen (secondary N) is 1. The molecule has 0 aliphatic heterocycles. The normalized spacial score (nSPS) is 13.8. The van der Waals surface area contributed by atoms with Gasteiger partial charge in [0.25, 0.3) is 0 Å². The molecule has 0 radical (unpaired) electrons. The van der Waals surface area contributed by atoms with Gasteiger partial charge in [-0.15, -0.1) is 0 Å². The lowest BCUT2D eigenvalue weighted by molar-refractivity contribution is 0.427. The van der Waals surface area contributed by atoms with Gasteiger partial charge in [-0.05, 0) is 31.1 Å². The van der Waals surface area contributed by atoms with Crippen molar-refractivity contribution < 1.29 is 0 Å². The summed E-state index contributed by atoms with van der Waals surface area (Å²) >= 11 is 0. The van der Waals surface area contributed by atoms with Gasteiger partial charge < -0.3 is 11.1 Å². The first-order chi connectivity index (χ1) is 7.56. The lowest BCUT2D eigenvalue weighted by atomic mass is 9.88. The van der Waals surface area contributed by atoms with E-state index in [9.17, 15) is 0 Å². The van der Waals surface area contributed by atoms with Crippen molar-refractivity contribution in [2.75, 3.05) is 19.6 Å². The second kappa shape index (κ2) is 5.97. The summed E-state index contributed by atoms with van der Waals surface area (Å²) in [6, 6.07) is 6.06. The molecule has 0 aliphatic carbocycles. The van der Waals surface area contributed by atoms with Crippen molar-refractivity contribution in [3.8, 4) is 0 Å². The second-order valence-electron chi connectivity index (χ2n) is 5.07. The molecule has 0 bridgehead atoms. The van der Waals surface area contributed by atoms with Crippen LogP contribution in [0.1, 0.15) is 26.5 Å². The van der Waals surface area contributed by atoms with Gasteiger partial charge in [-0.3, -0.25) is 4.98 Å². The molecule has 3 nitrogen and oxygen atoms in total. The number of pyridine rings is 1. The van der Waals surface area contributed by atoms with Gasteiger partial charge in [0.1, 0.15) is 0 Å². The molecule has 0 aromatic carbocycles. The Kier molecular flexibility index (Phi) is 4.90. The summed E-state index contributed by atoms with van der Waals surface area (Å²) in [4.78, 5) is 4.40. The topological polar surface area (TPSA) is 50.9 Å². The first kappa shape index (κ1) is 13.1. The van der Waals surface area contributed by atoms with E-state index in [0.717, 1.165) is 25.3 Å². The van der Waals surface area contributed by atoms with E-state index < -0.39 is 0 Å². The van der Waals surface area contributed by atoms with Crippen LogP contribution in [0.4, 0.5) is 0 Å². The molecular weight excluding hydrogens is 198 g/mol. The summed E-state index contributed by atoms with van der Waals surface area (Å²) in [5, 5.41) is 3.45. The maximum absolute atomic E-state index is 5.58. The smallest absolute Gasteiger partial charge is 0.0472 e. The monoisotopic (exact) mass is 221 g/mol. The van der Waals surface area contributed by atoms with E-state index in [1.54, 1.807) is 0 Å². The van der Waals surface area contributed by atoms with Crippen LogP contribution in [0.3, 0.4) is 0 Å². The van der Waals surface area contributed by atoms with E-state index in [1.807, 2.05) is 18.3 Å². The van der Waals surface area contributed by atoms with Crippen LogP contribution in [-0.4, -0.2) is 24.6 Å². The Morgan fingerprint density at radius 2 is 2.19 bits per heavy atom. The quantitative estimate of drug-likeness (QED) is 0.766. The molecule has 0 fully saturated rings. The Bertz CT molecular complexity index is 295. The number of nitrogens with zero attached hydrogens (tertiary/aromatic N) is 1. The Balaban J connectivity index is 2.46. The third kappa shape index (κ3) is 3.91. The predicted octanol–water partition coefficient (Wildman–Crippen LogP) is 1.54. The SMILES string of the molecule is CC(CN)CNCC(C)(C)c1ccccn1. The number of rotatable bonds is 6. The highest BCUT2D eigenvalue weighted by Crippen LogP contribution is 2.19. The predicted molar refractivity (Wildman–Crippen MR) is 68.4 cm³/mol. The zero-order chi connectivity index (χ0) is 12.0. The summed E-state index contributed by atoms with van der Waals surface area (Å²) < 4.78 is 0. The van der Waals surface area contributed by atoms with Crippen LogP contribution in [0, 0.1) is 5.92 Å². The van der Waals surface area contributed by atoms with Crippen LogP contribution in [0.15, 0.2) is 24.4 Å². The van der Waals surface area contributed by atoms with Crippen LogP contribution >= 0.6 is 0 Å². The van der Waals surface area contributed by atoms with Gasteiger partial charge in [0.05, 0.1) is 0 Å². The van der Waals surface area contributed by atoms with Gasteiger partial charge in [0.15, 0.2) is 0 Å². The largest absolute Gasteiger partial charge is 0.330 e. The van der Waals surface area contributed by atoms with Gasteiger partial charge in [-0.2, -0.15) is 0 Å². The Morgan fingerprint density at radius 1 is 1.44 bits per heavy atom. The minimum atomic E-state index is 0.0651. The van der Waals surface area contributed by atoms with Gasteiger partial charge in [-0.25, -0.2) is 0 Å². The summed E-state index contributed by atoms with van der Waals surface area (Å²) in [5.74, 6) is 0.527. The molecule has 90 valence electrons. The Hall–Kier alpha value is -0.930. The maximum Gasteiger partial charge on any atom is 0.0472 e. The molecule has 3 heteroatoms. The van der Waals surface area contributed by atoms with E-state index >= 15 is 0 Å². The number of hydrogen-bond donors (Lipinski definition) is 2. The molecule has 1 aromatic rings. The van der Waals surface area contributed by atoms with Crippen molar-refractivity contribution >= 4 is 0 Å². The zero-order valence-corrected chi connectivity index (χ0v) is 10.5. The summed E-state index contributed by atoms with van der Waals surface area (Å²) in [5.41, 5.74) is 6.77. The fraction of sp³-hybridized carbons (Fsp3) is 0.615. The fourth-order valence-electron chi connectivity index (χ4n) is 1.57. The molecule has 1 atom stereocenters. The van der Waals surface area contributed by atoms with Gasteiger partial charge in [0.2, 0.25) is 0 Å². The lowest BCUT2D eigenvalue weighted by Gasteiger charge is -2.25. The minimum Gasteiger partial charge on any atom is -0.330 e. The average molecular weight is 221 g/mol. The molecule has 3 N–H and O–H groups in total. The molecule has 1 aromatic heterocycles. The molecule has 0 saturated carbocycles. The van der Waals surface area contributed by atoms with E-state index in [0.29, 0.717) is 5.92 Å². The maximum atomic E-state index is 5.58. The van der Waals surface area contributed by atoms with Crippen LogP contribution in [0.25, 0.3) is 0 Å². The number of aromatic nitrogens is 1. The fourth-order valence-corrected chi connectivity index (χ4v) is 1.57. The van der Waals surface area contributed by atoms with Crippen LogP contribution in [0.2, 0.25) is 0 Å². The standard InChI is InChI=1S/C13H23N3/c1-11(8-14)9-15-10-13(2,3)12-6-4-5-7-16-12/h4-7,11,15H,8-10,14H2,1-3H3. The van der Waals surface area contributed by atoms with Crippen molar-refractivity contribution in [1.82, 2.24) is 10.3 Å². The molecule has 0 spiro atoms. The van der Waals surface area contributed by atoms with E-state index in [-0.39, 0.29) is 5.41 Å². The van der Waals surface area contributed by atoms with Crippen LogP contribution in [0.5, 0.6) is 0 Å². The molecule has 1 rings (SSSR count). The van der Waals surface area contributed by atoms with Crippen molar-refractivity contribution in [1.29, 1.82) is 0 Å². The highest BCUT2D eigenvalue weighted by molar-refractivity contribution is 5.14. The van der Waals surface area contributed by atoms with Crippen molar-refractivity contribution in [3.63, 3.8) is 0 Å². The van der Waals surface area contributed by atoms with E-state index in [2.05, 4.69) is 37.1 Å². The van der Waals surface area contributed by atoms with Crippen molar-refractivity contribution in [3.05, 3.63) is 30.1 Å². The molecule has 1 heterocycles. The number of nitrogens with two attached hydrogens (primary N) is 1. The third-order valence-electron chi connectivity index (χ3n) is 2.82. The van der Waals surface area contributed by atoms with Gasteiger partial charge in [0, 0.05) is 23.9 Å². The van der Waals surface area contributed by atoms with E-state index in [1.165, 1.54) is 0 Å². The van der Waals surface area contributed by atoms with Crippen LogP contribution in [-0.2, 0) is 5.41 Å². The van der Waals surface area contributed by atoms with Gasteiger partial charge in [-0.1, -0.05) is 26.8 Å². The minimum absolute atomic E-state index is 0.0651. The number of hydrogen-bond acceptors (Lipinski definition) is 3. The van der Waals surface area contributed by atoms with Crippen molar-refractivity contribution in [2.24, 2.45) is 11.7 Å². The first-order valence-corrected chi connectivity index (χ1v) is 5.88. The van der Waals surface area contributed by atoms with Gasteiger partial charge >= 0.3 is 0 Å². The summed E-state index contributed by atoms with van der Waals surface area (Å²) in [6.45, 7) is 9.18. The Morgan fingerprint density at radius 3 is 2.75 bits per heavy atom.